The maximum atomic E-state index is 12.0. The third kappa shape index (κ3) is 5.81. The molecule has 6 heteroatoms. The monoisotopic (exact) mass is 304 g/mol. The lowest BCUT2D eigenvalue weighted by Gasteiger charge is -2.36. The molecule has 0 N–H and O–H groups in total. The van der Waals surface area contributed by atoms with Crippen LogP contribution in [-0.4, -0.2) is 47.4 Å². The van der Waals surface area contributed by atoms with Crippen molar-refractivity contribution in [1.29, 1.82) is 0 Å². The second-order valence-electron chi connectivity index (χ2n) is 5.39. The van der Waals surface area contributed by atoms with Crippen LogP contribution in [-0.2, 0) is 23.8 Å². The molecule has 1 fully saturated rings. The molecule has 1 saturated heterocycles. The first-order chi connectivity index (χ1) is 9.29. The van der Waals surface area contributed by atoms with Crippen LogP contribution < -0.4 is 0 Å². The fraction of sp³-hybridized carbons (Fsp3) is 0.857. The van der Waals surface area contributed by atoms with Gasteiger partial charge in [-0.3, -0.25) is 9.59 Å². The van der Waals surface area contributed by atoms with E-state index in [1.807, 2.05) is 13.8 Å². The Morgan fingerprint density at radius 1 is 1.40 bits per heavy atom. The average molecular weight is 304 g/mol. The van der Waals surface area contributed by atoms with Crippen molar-refractivity contribution in [2.45, 2.75) is 70.0 Å². The highest BCUT2D eigenvalue weighted by Crippen LogP contribution is 2.31. The smallest absolute Gasteiger partial charge is 0.302 e. The van der Waals surface area contributed by atoms with Crippen molar-refractivity contribution in [2.75, 3.05) is 6.61 Å². The maximum Gasteiger partial charge on any atom is 0.302 e. The molecule has 3 atom stereocenters. The molecule has 1 aliphatic rings. The molecule has 0 aromatic carbocycles. The zero-order valence-electron chi connectivity index (χ0n) is 12.8. The Balaban J connectivity index is 2.69. The van der Waals surface area contributed by atoms with Gasteiger partial charge in [0.2, 0.25) is 6.29 Å². The lowest BCUT2D eigenvalue weighted by Crippen LogP contribution is -2.48. The van der Waals surface area contributed by atoms with Crippen LogP contribution in [0.1, 0.15) is 41.0 Å². The topological polar surface area (TPSA) is 61.8 Å². The third-order valence-corrected chi connectivity index (χ3v) is 4.04. The summed E-state index contributed by atoms with van der Waals surface area (Å²) < 4.78 is 16.2. The van der Waals surface area contributed by atoms with Gasteiger partial charge in [0, 0.05) is 18.6 Å². The minimum absolute atomic E-state index is 0.00568. The summed E-state index contributed by atoms with van der Waals surface area (Å²) in [5, 5.41) is 0.368. The molecule has 0 aromatic heterocycles. The summed E-state index contributed by atoms with van der Waals surface area (Å²) in [5.74, 6) is -0.393. The number of ketones is 1. The minimum Gasteiger partial charge on any atom is -0.463 e. The second-order valence-corrected chi connectivity index (χ2v) is 7.21. The average Bonchev–Trinajstić information content (AvgIpc) is 2.29. The molecule has 0 spiro atoms. The highest BCUT2D eigenvalue weighted by Gasteiger charge is 2.39. The first-order valence-corrected chi connectivity index (χ1v) is 7.86. The number of hydrogen-bond donors (Lipinski definition) is 0. The molecule has 0 aliphatic carbocycles. The number of ether oxygens (including phenoxy) is 3. The first-order valence-electron chi connectivity index (χ1n) is 6.92. The van der Waals surface area contributed by atoms with Crippen molar-refractivity contribution < 1.29 is 23.8 Å². The molecule has 0 saturated carbocycles. The van der Waals surface area contributed by atoms with Gasteiger partial charge in [0.05, 0.1) is 6.10 Å². The Bertz CT molecular complexity index is 342. The van der Waals surface area contributed by atoms with Gasteiger partial charge < -0.3 is 14.2 Å². The Hall–Kier alpha value is -0.590. The fourth-order valence-corrected chi connectivity index (χ4v) is 3.21. The van der Waals surface area contributed by atoms with Crippen LogP contribution >= 0.6 is 11.8 Å². The van der Waals surface area contributed by atoms with Gasteiger partial charge in [-0.2, -0.15) is 11.8 Å². The third-order valence-electron chi connectivity index (χ3n) is 2.67. The molecule has 1 heterocycles. The minimum atomic E-state index is -0.848. The van der Waals surface area contributed by atoms with E-state index in [1.54, 1.807) is 11.8 Å². The van der Waals surface area contributed by atoms with Gasteiger partial charge >= 0.3 is 5.97 Å². The van der Waals surface area contributed by atoms with Crippen LogP contribution in [0.25, 0.3) is 0 Å². The van der Waals surface area contributed by atoms with Gasteiger partial charge in [-0.1, -0.05) is 13.8 Å². The van der Waals surface area contributed by atoms with Crippen LogP contribution in [0.3, 0.4) is 0 Å². The fourth-order valence-electron chi connectivity index (χ4n) is 1.93. The van der Waals surface area contributed by atoms with E-state index in [4.69, 9.17) is 14.2 Å². The quantitative estimate of drug-likeness (QED) is 0.701. The molecular formula is C14H24O5S. The van der Waals surface area contributed by atoms with Gasteiger partial charge in [0.25, 0.3) is 0 Å². The molecule has 1 rings (SSSR count). The summed E-state index contributed by atoms with van der Waals surface area (Å²) in [4.78, 5) is 23.0. The highest BCUT2D eigenvalue weighted by atomic mass is 32.2. The van der Waals surface area contributed by atoms with E-state index in [9.17, 15) is 9.59 Å². The van der Waals surface area contributed by atoms with Gasteiger partial charge in [-0.05, 0) is 19.1 Å². The van der Waals surface area contributed by atoms with Crippen LogP contribution in [0.15, 0.2) is 0 Å². The molecular weight excluding hydrogens is 280 g/mol. The number of rotatable bonds is 6. The van der Waals surface area contributed by atoms with Crippen molar-refractivity contribution in [2.24, 2.45) is 0 Å². The zero-order valence-corrected chi connectivity index (χ0v) is 13.6. The molecule has 0 bridgehead atoms. The summed E-state index contributed by atoms with van der Waals surface area (Å²) in [5.41, 5.74) is 0. The van der Waals surface area contributed by atoms with E-state index in [0.717, 1.165) is 0 Å². The SMILES string of the molecule is CC(=O)OC[C@H]1O[C@H](OC(C)C)C(=O)C[C@H]1SC(C)C. The number of hydrogen-bond acceptors (Lipinski definition) is 6. The number of carbonyl (C=O) groups excluding carboxylic acids is 2. The standard InChI is InChI=1S/C14H24O5S/c1-8(2)18-14-11(16)6-13(20-9(3)4)12(19-14)7-17-10(5)15/h8-9,12-14H,6-7H2,1-5H3/t12-,13-,14+/m1/s1. The first kappa shape index (κ1) is 17.5. The predicted octanol–water partition coefficient (Wildman–Crippen LogP) is 2.17. The van der Waals surface area contributed by atoms with Crippen LogP contribution in [0, 0.1) is 0 Å². The van der Waals surface area contributed by atoms with E-state index in [1.165, 1.54) is 6.92 Å². The Labute approximate surface area is 124 Å². The van der Waals surface area contributed by atoms with E-state index in [-0.39, 0.29) is 35.8 Å². The lowest BCUT2D eigenvalue weighted by atomic mass is 10.1. The number of esters is 1. The Kier molecular flexibility index (Phi) is 6.99. The largest absolute Gasteiger partial charge is 0.463 e. The van der Waals surface area contributed by atoms with Crippen LogP contribution in [0.2, 0.25) is 0 Å². The highest BCUT2D eigenvalue weighted by molar-refractivity contribution is 8.00. The van der Waals surface area contributed by atoms with Crippen LogP contribution in [0.5, 0.6) is 0 Å². The van der Waals surface area contributed by atoms with Crippen molar-refractivity contribution in [3.05, 3.63) is 0 Å². The van der Waals surface area contributed by atoms with Crippen molar-refractivity contribution in [3.8, 4) is 0 Å². The summed E-state index contributed by atoms with van der Waals surface area (Å²) in [6.07, 6.45) is -0.869. The van der Waals surface area contributed by atoms with E-state index < -0.39 is 6.29 Å². The molecule has 20 heavy (non-hydrogen) atoms. The number of thioether (sulfide) groups is 1. The predicted molar refractivity (Wildman–Crippen MR) is 77.7 cm³/mol. The van der Waals surface area contributed by atoms with Gasteiger partial charge in [-0.25, -0.2) is 0 Å². The second kappa shape index (κ2) is 8.00. The van der Waals surface area contributed by atoms with E-state index in [0.29, 0.717) is 11.7 Å². The van der Waals surface area contributed by atoms with Crippen molar-refractivity contribution in [3.63, 3.8) is 0 Å². The van der Waals surface area contributed by atoms with E-state index in [2.05, 4.69) is 13.8 Å². The van der Waals surface area contributed by atoms with Crippen molar-refractivity contribution >= 4 is 23.5 Å². The van der Waals surface area contributed by atoms with Gasteiger partial charge in [0.15, 0.2) is 5.78 Å². The normalized spacial score (nSPS) is 27.1. The molecule has 116 valence electrons. The molecule has 5 nitrogen and oxygen atoms in total. The Morgan fingerprint density at radius 3 is 2.55 bits per heavy atom. The summed E-state index contributed by atoms with van der Waals surface area (Å²) in [6.45, 7) is 9.36. The van der Waals surface area contributed by atoms with Gasteiger partial charge in [-0.15, -0.1) is 0 Å². The molecule has 1 aliphatic heterocycles. The van der Waals surface area contributed by atoms with E-state index >= 15 is 0 Å². The maximum absolute atomic E-state index is 12.0. The lowest BCUT2D eigenvalue weighted by molar-refractivity contribution is -0.211. The summed E-state index contributed by atoms with van der Waals surface area (Å²) >= 11 is 1.67. The number of carbonyl (C=O) groups is 2. The molecule has 0 aromatic rings. The number of Topliss-reactive ketones (excluding diaryl/α,β-unsaturated/α-hetero) is 1. The molecule has 0 radical (unpaired) electrons. The van der Waals surface area contributed by atoms with Gasteiger partial charge in [0.1, 0.15) is 12.7 Å². The molecule has 0 amide bonds. The van der Waals surface area contributed by atoms with Crippen molar-refractivity contribution in [1.82, 2.24) is 0 Å². The summed E-state index contributed by atoms with van der Waals surface area (Å²) in [6, 6.07) is 0. The Morgan fingerprint density at radius 2 is 2.05 bits per heavy atom. The zero-order chi connectivity index (χ0) is 15.3. The molecule has 0 unspecified atom stereocenters. The van der Waals surface area contributed by atoms with Crippen LogP contribution in [0.4, 0.5) is 0 Å². The summed E-state index contributed by atoms with van der Waals surface area (Å²) in [7, 11) is 0.